The Bertz CT molecular complexity index is 163. The van der Waals surface area contributed by atoms with Crippen LogP contribution in [0.1, 0.15) is 38.5 Å². The highest BCUT2D eigenvalue weighted by molar-refractivity contribution is 5.80. The zero-order chi connectivity index (χ0) is 9.52. The fraction of sp³-hybridized carbons (Fsp3) is 0.889. The second kappa shape index (κ2) is 5.80. The van der Waals surface area contributed by atoms with E-state index in [1.165, 1.54) is 25.7 Å². The Morgan fingerprint density at radius 3 is 2.46 bits per heavy atom. The van der Waals surface area contributed by atoms with E-state index in [4.69, 9.17) is 15.7 Å². The standard InChI is InChI=1S/C9H18N2O2/c10-9(11-12)7-13-8-5-3-1-2-4-6-8/h8,12H,1-7H2,(H2,10,11). The van der Waals surface area contributed by atoms with Gasteiger partial charge >= 0.3 is 0 Å². The van der Waals surface area contributed by atoms with Crippen molar-refractivity contribution in [2.75, 3.05) is 6.61 Å². The number of amidine groups is 1. The van der Waals surface area contributed by atoms with E-state index in [-0.39, 0.29) is 12.4 Å². The maximum Gasteiger partial charge on any atom is 0.165 e. The zero-order valence-corrected chi connectivity index (χ0v) is 7.91. The lowest BCUT2D eigenvalue weighted by Gasteiger charge is -2.14. The first-order valence-corrected chi connectivity index (χ1v) is 4.91. The van der Waals surface area contributed by atoms with Gasteiger partial charge in [-0.05, 0) is 12.8 Å². The van der Waals surface area contributed by atoms with Crippen LogP contribution in [0.15, 0.2) is 5.16 Å². The lowest BCUT2D eigenvalue weighted by atomic mass is 10.1. The molecule has 0 amide bonds. The second-order valence-electron chi connectivity index (χ2n) is 3.52. The molecular weight excluding hydrogens is 168 g/mol. The van der Waals surface area contributed by atoms with Gasteiger partial charge in [-0.1, -0.05) is 30.8 Å². The third-order valence-electron chi connectivity index (χ3n) is 2.40. The minimum absolute atomic E-state index is 0.157. The summed E-state index contributed by atoms with van der Waals surface area (Å²) >= 11 is 0. The third-order valence-corrected chi connectivity index (χ3v) is 2.40. The van der Waals surface area contributed by atoms with Gasteiger partial charge in [0.2, 0.25) is 0 Å². The Balaban J connectivity index is 2.19. The molecular formula is C9H18N2O2. The van der Waals surface area contributed by atoms with E-state index in [2.05, 4.69) is 5.16 Å². The van der Waals surface area contributed by atoms with E-state index < -0.39 is 0 Å². The number of nitrogens with two attached hydrogens (primary N) is 1. The quantitative estimate of drug-likeness (QED) is 0.230. The molecule has 1 fully saturated rings. The van der Waals surface area contributed by atoms with Gasteiger partial charge in [0, 0.05) is 0 Å². The van der Waals surface area contributed by atoms with Crippen molar-refractivity contribution in [3.05, 3.63) is 0 Å². The first kappa shape index (κ1) is 10.3. The van der Waals surface area contributed by atoms with Crippen LogP contribution >= 0.6 is 0 Å². The van der Waals surface area contributed by atoms with E-state index in [1.54, 1.807) is 0 Å². The normalized spacial score (nSPS) is 21.4. The van der Waals surface area contributed by atoms with Gasteiger partial charge in [-0.15, -0.1) is 0 Å². The Kier molecular flexibility index (Phi) is 4.60. The monoisotopic (exact) mass is 186 g/mol. The van der Waals surface area contributed by atoms with Crippen LogP contribution in [-0.4, -0.2) is 23.8 Å². The van der Waals surface area contributed by atoms with Crippen molar-refractivity contribution in [2.45, 2.75) is 44.6 Å². The Morgan fingerprint density at radius 1 is 1.31 bits per heavy atom. The summed E-state index contributed by atoms with van der Waals surface area (Å²) in [7, 11) is 0. The highest BCUT2D eigenvalue weighted by Crippen LogP contribution is 2.19. The number of hydrogen-bond donors (Lipinski definition) is 2. The second-order valence-corrected chi connectivity index (χ2v) is 3.52. The van der Waals surface area contributed by atoms with Crippen LogP contribution in [0, 0.1) is 0 Å². The fourth-order valence-corrected chi connectivity index (χ4v) is 1.64. The van der Waals surface area contributed by atoms with Crippen molar-refractivity contribution >= 4 is 5.84 Å². The average Bonchev–Trinajstić information content (AvgIpc) is 2.42. The van der Waals surface area contributed by atoms with E-state index in [0.717, 1.165) is 12.8 Å². The highest BCUT2D eigenvalue weighted by atomic mass is 16.5. The lowest BCUT2D eigenvalue weighted by molar-refractivity contribution is 0.0684. The predicted octanol–water partition coefficient (Wildman–Crippen LogP) is 1.47. The van der Waals surface area contributed by atoms with Crippen LogP contribution in [0.3, 0.4) is 0 Å². The molecule has 0 aromatic carbocycles. The molecule has 76 valence electrons. The summed E-state index contributed by atoms with van der Waals surface area (Å²) in [5, 5.41) is 11.2. The van der Waals surface area contributed by atoms with Gasteiger partial charge in [0.25, 0.3) is 0 Å². The molecule has 4 nitrogen and oxygen atoms in total. The molecule has 1 aliphatic carbocycles. The maximum atomic E-state index is 8.30. The summed E-state index contributed by atoms with van der Waals surface area (Å²) in [6.45, 7) is 0.251. The molecule has 0 aromatic rings. The maximum absolute atomic E-state index is 8.30. The Morgan fingerprint density at radius 2 is 1.92 bits per heavy atom. The van der Waals surface area contributed by atoms with Crippen molar-refractivity contribution in [1.29, 1.82) is 0 Å². The third kappa shape index (κ3) is 4.12. The molecule has 3 N–H and O–H groups in total. The number of ether oxygens (including phenoxy) is 1. The predicted molar refractivity (Wildman–Crippen MR) is 50.9 cm³/mol. The van der Waals surface area contributed by atoms with E-state index >= 15 is 0 Å². The molecule has 1 saturated carbocycles. The topological polar surface area (TPSA) is 67.8 Å². The molecule has 1 rings (SSSR count). The SMILES string of the molecule is N/C(COC1CCCCCC1)=N\O. The van der Waals surface area contributed by atoms with Crippen molar-refractivity contribution in [3.63, 3.8) is 0 Å². The van der Waals surface area contributed by atoms with Crippen LogP contribution in [0.5, 0.6) is 0 Å². The summed E-state index contributed by atoms with van der Waals surface area (Å²) in [6, 6.07) is 0. The molecule has 0 bridgehead atoms. The lowest BCUT2D eigenvalue weighted by Crippen LogP contribution is -2.23. The minimum atomic E-state index is 0.157. The van der Waals surface area contributed by atoms with Crippen LogP contribution in [0.4, 0.5) is 0 Å². The number of oxime groups is 1. The molecule has 0 unspecified atom stereocenters. The van der Waals surface area contributed by atoms with Gasteiger partial charge in [-0.25, -0.2) is 0 Å². The van der Waals surface area contributed by atoms with Crippen molar-refractivity contribution < 1.29 is 9.94 Å². The fourth-order valence-electron chi connectivity index (χ4n) is 1.64. The largest absolute Gasteiger partial charge is 0.409 e. The van der Waals surface area contributed by atoms with Crippen molar-refractivity contribution in [1.82, 2.24) is 0 Å². The average molecular weight is 186 g/mol. The first-order chi connectivity index (χ1) is 6.33. The van der Waals surface area contributed by atoms with E-state index in [9.17, 15) is 0 Å². The number of hydrogen-bond acceptors (Lipinski definition) is 3. The summed E-state index contributed by atoms with van der Waals surface area (Å²) in [5.41, 5.74) is 5.30. The molecule has 0 aromatic heterocycles. The Hall–Kier alpha value is -0.770. The van der Waals surface area contributed by atoms with Gasteiger partial charge in [0.15, 0.2) is 5.84 Å². The molecule has 0 spiro atoms. The molecule has 13 heavy (non-hydrogen) atoms. The van der Waals surface area contributed by atoms with E-state index in [0.29, 0.717) is 6.10 Å². The highest BCUT2D eigenvalue weighted by Gasteiger charge is 2.12. The summed E-state index contributed by atoms with van der Waals surface area (Å²) in [5.74, 6) is 0.157. The van der Waals surface area contributed by atoms with Crippen LogP contribution in [0.25, 0.3) is 0 Å². The molecule has 1 aliphatic rings. The molecule has 0 aliphatic heterocycles. The molecule has 0 saturated heterocycles. The van der Waals surface area contributed by atoms with E-state index in [1.807, 2.05) is 0 Å². The first-order valence-electron chi connectivity index (χ1n) is 4.91. The molecule has 0 atom stereocenters. The van der Waals surface area contributed by atoms with Crippen molar-refractivity contribution in [2.24, 2.45) is 10.9 Å². The Labute approximate surface area is 78.7 Å². The van der Waals surface area contributed by atoms with Gasteiger partial charge in [-0.2, -0.15) is 0 Å². The van der Waals surface area contributed by atoms with Crippen LogP contribution in [-0.2, 0) is 4.74 Å². The zero-order valence-electron chi connectivity index (χ0n) is 7.91. The molecule has 4 heteroatoms. The summed E-state index contributed by atoms with van der Waals surface area (Å²) < 4.78 is 5.50. The van der Waals surface area contributed by atoms with Gasteiger partial charge in [0.05, 0.1) is 6.10 Å². The van der Waals surface area contributed by atoms with Crippen LogP contribution < -0.4 is 5.73 Å². The van der Waals surface area contributed by atoms with Gasteiger partial charge in [-0.3, -0.25) is 0 Å². The molecule has 0 heterocycles. The van der Waals surface area contributed by atoms with Gasteiger partial charge in [0.1, 0.15) is 6.61 Å². The molecule has 0 radical (unpaired) electrons. The number of rotatable bonds is 3. The van der Waals surface area contributed by atoms with Crippen LogP contribution in [0.2, 0.25) is 0 Å². The van der Waals surface area contributed by atoms with Crippen molar-refractivity contribution in [3.8, 4) is 0 Å². The summed E-state index contributed by atoms with van der Waals surface area (Å²) in [4.78, 5) is 0. The van der Waals surface area contributed by atoms with Gasteiger partial charge < -0.3 is 15.7 Å². The summed E-state index contributed by atoms with van der Waals surface area (Å²) in [6.07, 6.45) is 7.62. The smallest absolute Gasteiger partial charge is 0.165 e. The minimum Gasteiger partial charge on any atom is -0.409 e. The number of nitrogens with zero attached hydrogens (tertiary/aromatic N) is 1.